The number of amidine groups is 1. The van der Waals surface area contributed by atoms with Gasteiger partial charge < -0.3 is 24.3 Å². The molecule has 3 aromatic rings. The zero-order chi connectivity index (χ0) is 30.1. The second-order valence-corrected chi connectivity index (χ2v) is 10.3. The van der Waals surface area contributed by atoms with Gasteiger partial charge in [0.2, 0.25) is 11.8 Å². The molecular weight excluding hydrogens is 558 g/mol. The van der Waals surface area contributed by atoms with Crippen LogP contribution >= 0.6 is 11.8 Å². The second kappa shape index (κ2) is 14.4. The first kappa shape index (κ1) is 30.4. The lowest BCUT2D eigenvalue weighted by atomic mass is 10.1. The number of benzene rings is 3. The van der Waals surface area contributed by atoms with Crippen molar-refractivity contribution in [3.63, 3.8) is 0 Å². The summed E-state index contributed by atoms with van der Waals surface area (Å²) in [5.74, 6) is 0.862. The molecule has 42 heavy (non-hydrogen) atoms. The van der Waals surface area contributed by atoms with E-state index in [9.17, 15) is 14.4 Å². The van der Waals surface area contributed by atoms with Gasteiger partial charge in [0.25, 0.3) is 0 Å². The van der Waals surface area contributed by atoms with Crippen LogP contribution in [0.3, 0.4) is 0 Å². The van der Waals surface area contributed by atoms with Gasteiger partial charge >= 0.3 is 5.97 Å². The van der Waals surface area contributed by atoms with E-state index in [4.69, 9.17) is 23.9 Å². The molecule has 1 aliphatic rings. The first-order valence-electron chi connectivity index (χ1n) is 13.4. The van der Waals surface area contributed by atoms with Crippen molar-refractivity contribution in [2.75, 3.05) is 32.8 Å². The predicted molar refractivity (Wildman–Crippen MR) is 162 cm³/mol. The van der Waals surface area contributed by atoms with Crippen molar-refractivity contribution < 1.29 is 33.3 Å². The number of carbonyl (C=O) groups excluding carboxylic acids is 3. The highest BCUT2D eigenvalue weighted by molar-refractivity contribution is 8.15. The van der Waals surface area contributed by atoms with Crippen LogP contribution < -0.4 is 19.5 Å². The van der Waals surface area contributed by atoms with E-state index in [2.05, 4.69) is 5.32 Å². The largest absolute Gasteiger partial charge is 0.494 e. The lowest BCUT2D eigenvalue weighted by molar-refractivity contribution is -0.128. The van der Waals surface area contributed by atoms with E-state index in [0.717, 1.165) is 5.56 Å². The molecular formula is C31H33N3O7S. The number of esters is 1. The van der Waals surface area contributed by atoms with Gasteiger partial charge in [0.1, 0.15) is 11.0 Å². The number of amides is 2. The average Bonchev–Trinajstić information content (AvgIpc) is 3.27. The second-order valence-electron chi connectivity index (χ2n) is 9.09. The number of methoxy groups -OCH3 is 2. The molecule has 11 heteroatoms. The summed E-state index contributed by atoms with van der Waals surface area (Å²) in [6.45, 7) is 4.68. The summed E-state index contributed by atoms with van der Waals surface area (Å²) in [5.41, 5.74) is 2.36. The Balaban J connectivity index is 1.55. The number of nitrogens with zero attached hydrogens (tertiary/aromatic N) is 2. The molecule has 2 amide bonds. The Labute approximate surface area is 249 Å². The van der Waals surface area contributed by atoms with Crippen LogP contribution in [0.5, 0.6) is 17.2 Å². The summed E-state index contributed by atoms with van der Waals surface area (Å²) in [5, 5.41) is 2.62. The molecule has 0 spiro atoms. The Morgan fingerprint density at radius 2 is 1.64 bits per heavy atom. The first-order chi connectivity index (χ1) is 20.3. The van der Waals surface area contributed by atoms with Crippen molar-refractivity contribution >= 4 is 46.1 Å². The Hall–Kier alpha value is -4.51. The molecule has 0 aromatic heterocycles. The summed E-state index contributed by atoms with van der Waals surface area (Å²) in [4.78, 5) is 44.8. The van der Waals surface area contributed by atoms with Crippen molar-refractivity contribution in [3.8, 4) is 17.2 Å². The predicted octanol–water partition coefficient (Wildman–Crippen LogP) is 5.44. The molecule has 1 atom stereocenters. The molecule has 0 bridgehead atoms. The molecule has 0 radical (unpaired) electrons. The van der Waals surface area contributed by atoms with Crippen LogP contribution in [0.1, 0.15) is 36.2 Å². The van der Waals surface area contributed by atoms with Crippen molar-refractivity contribution in [2.45, 2.75) is 32.1 Å². The summed E-state index contributed by atoms with van der Waals surface area (Å²) in [6, 6.07) is 19.1. The van der Waals surface area contributed by atoms with Crippen LogP contribution in [0.15, 0.2) is 71.7 Å². The molecule has 1 saturated heterocycles. The average molecular weight is 592 g/mol. The van der Waals surface area contributed by atoms with Gasteiger partial charge in [0.15, 0.2) is 16.7 Å². The van der Waals surface area contributed by atoms with Gasteiger partial charge in [0.05, 0.1) is 45.2 Å². The van der Waals surface area contributed by atoms with Crippen LogP contribution in [0.2, 0.25) is 0 Å². The molecule has 0 saturated carbocycles. The normalized spacial score (nSPS) is 15.4. The van der Waals surface area contributed by atoms with Crippen LogP contribution in [-0.2, 0) is 20.9 Å². The monoisotopic (exact) mass is 591 g/mol. The molecule has 4 rings (SSSR count). The number of anilines is 1. The standard InChI is InChI=1S/C31H33N3O7S/c1-5-40-24-14-12-22(13-15-24)32-28(35)18-27-29(36)34(19-20-7-16-25(38-3)26(17-20)39-4)31(42-27)33-23-10-8-21(9-11-23)30(37)41-6-2/h7-17,27H,5-6,18-19H2,1-4H3,(H,32,35). The van der Waals surface area contributed by atoms with Gasteiger partial charge in [-0.05, 0) is 80.1 Å². The van der Waals surface area contributed by atoms with E-state index >= 15 is 0 Å². The molecule has 1 aliphatic heterocycles. The molecule has 1 heterocycles. The van der Waals surface area contributed by atoms with Gasteiger partial charge in [-0.1, -0.05) is 17.8 Å². The maximum absolute atomic E-state index is 13.6. The van der Waals surface area contributed by atoms with Gasteiger partial charge in [-0.15, -0.1) is 0 Å². The lowest BCUT2D eigenvalue weighted by Crippen LogP contribution is -2.33. The van der Waals surface area contributed by atoms with Crippen molar-refractivity contribution in [2.24, 2.45) is 4.99 Å². The number of hydrogen-bond donors (Lipinski definition) is 1. The van der Waals surface area contributed by atoms with Gasteiger partial charge in [-0.3, -0.25) is 14.5 Å². The van der Waals surface area contributed by atoms with E-state index in [1.807, 2.05) is 13.0 Å². The van der Waals surface area contributed by atoms with Crippen molar-refractivity contribution in [1.82, 2.24) is 4.90 Å². The van der Waals surface area contributed by atoms with E-state index < -0.39 is 11.2 Å². The third kappa shape index (κ3) is 7.61. The fourth-order valence-corrected chi connectivity index (χ4v) is 5.37. The zero-order valence-corrected chi connectivity index (χ0v) is 24.7. The Morgan fingerprint density at radius 3 is 2.29 bits per heavy atom. The molecule has 3 aromatic carbocycles. The lowest BCUT2D eigenvalue weighted by Gasteiger charge is -2.18. The molecule has 220 valence electrons. The topological polar surface area (TPSA) is 116 Å². The zero-order valence-electron chi connectivity index (χ0n) is 23.9. The molecule has 1 unspecified atom stereocenters. The minimum absolute atomic E-state index is 0.0417. The van der Waals surface area contributed by atoms with E-state index in [1.54, 1.807) is 86.7 Å². The fraction of sp³-hybridized carbons (Fsp3) is 0.290. The molecule has 1 fully saturated rings. The maximum Gasteiger partial charge on any atom is 0.338 e. The SMILES string of the molecule is CCOC(=O)c1ccc(N=C2SC(CC(=O)Nc3ccc(OCC)cc3)C(=O)N2Cc2ccc(OC)c(OC)c2)cc1. The van der Waals surface area contributed by atoms with Crippen LogP contribution in [0.4, 0.5) is 11.4 Å². The summed E-state index contributed by atoms with van der Waals surface area (Å²) < 4.78 is 21.3. The van der Waals surface area contributed by atoms with Gasteiger partial charge in [-0.2, -0.15) is 0 Å². The first-order valence-corrected chi connectivity index (χ1v) is 14.3. The number of ether oxygens (including phenoxy) is 4. The third-order valence-electron chi connectivity index (χ3n) is 6.23. The maximum atomic E-state index is 13.6. The van der Waals surface area contributed by atoms with Crippen LogP contribution in [0.25, 0.3) is 0 Å². The van der Waals surface area contributed by atoms with E-state index in [0.29, 0.717) is 46.0 Å². The van der Waals surface area contributed by atoms with Crippen LogP contribution in [-0.4, -0.2) is 60.5 Å². The number of aliphatic imine (C=N–C) groups is 1. The van der Waals surface area contributed by atoms with Gasteiger partial charge in [0, 0.05) is 12.1 Å². The highest BCUT2D eigenvalue weighted by Gasteiger charge is 2.39. The highest BCUT2D eigenvalue weighted by Crippen LogP contribution is 2.35. The number of rotatable bonds is 12. The summed E-state index contributed by atoms with van der Waals surface area (Å²) >= 11 is 1.22. The number of thioether (sulfide) groups is 1. The Bertz CT molecular complexity index is 1440. The van der Waals surface area contributed by atoms with Crippen molar-refractivity contribution in [1.29, 1.82) is 0 Å². The number of nitrogens with one attached hydrogen (secondary N) is 1. The van der Waals surface area contributed by atoms with Crippen LogP contribution in [0, 0.1) is 0 Å². The summed E-state index contributed by atoms with van der Waals surface area (Å²) in [6.07, 6.45) is -0.0417. The quantitative estimate of drug-likeness (QED) is 0.277. The smallest absolute Gasteiger partial charge is 0.338 e. The highest BCUT2D eigenvalue weighted by atomic mass is 32.2. The summed E-state index contributed by atoms with van der Waals surface area (Å²) in [7, 11) is 3.10. The number of hydrogen-bond acceptors (Lipinski definition) is 9. The number of carbonyl (C=O) groups is 3. The fourth-order valence-electron chi connectivity index (χ4n) is 4.21. The molecule has 1 N–H and O–H groups in total. The van der Waals surface area contributed by atoms with Gasteiger partial charge in [-0.25, -0.2) is 9.79 Å². The van der Waals surface area contributed by atoms with E-state index in [-0.39, 0.29) is 31.4 Å². The van der Waals surface area contributed by atoms with E-state index in [1.165, 1.54) is 11.8 Å². The minimum Gasteiger partial charge on any atom is -0.494 e. The Kier molecular flexibility index (Phi) is 10.4. The Morgan fingerprint density at radius 1 is 0.929 bits per heavy atom. The molecule has 0 aliphatic carbocycles. The minimum atomic E-state index is -0.676. The molecule has 10 nitrogen and oxygen atoms in total. The van der Waals surface area contributed by atoms with Crippen molar-refractivity contribution in [3.05, 3.63) is 77.9 Å². The third-order valence-corrected chi connectivity index (χ3v) is 7.41.